The fourth-order valence-electron chi connectivity index (χ4n) is 11.5. The Bertz CT molecular complexity index is 4910. The van der Waals surface area contributed by atoms with E-state index in [1.807, 2.05) is 36.4 Å². The van der Waals surface area contributed by atoms with Gasteiger partial charge in [0.15, 0.2) is 0 Å². The third-order valence-corrected chi connectivity index (χ3v) is 15.8. The highest BCUT2D eigenvalue weighted by molar-refractivity contribution is 9.10. The zero-order valence-electron chi connectivity index (χ0n) is 41.6. The SMILES string of the molecule is Brc1ccc(-c2ccc3oc4ccccc4c3c2)cc1.c1ccc(-c2ccc(-n3c4ccccc4c4cc(-c5ccc6c7ccccc7n(-c7ccc(-c8ccc9oc%10ccccc%10c9c8)cc7)c6c5)ccc43)cc2)cc1. The van der Waals surface area contributed by atoms with Crippen LogP contribution in [0.5, 0.6) is 0 Å². The topological polar surface area (TPSA) is 36.1 Å². The standard InChI is InChI=1S/C54H34N2O.C18H11BrO/c1-2-10-35(11-3-1)36-18-25-41(26-19-36)55-50-16-8-5-13-44(50)47-32-39(23-30-51(47)55)40-22-29-45-43-12-4-7-15-49(43)56(52(45)34-40)42-27-20-37(21-28-42)38-24-31-54-48(33-38)46-14-6-9-17-53(46)57-54;19-14-8-5-12(6-9-14)13-7-10-18-16(11-13)15-3-1-2-4-17(15)20-18/h1-34H;1-11H. The lowest BCUT2D eigenvalue weighted by atomic mass is 10.0. The lowest BCUT2D eigenvalue weighted by Crippen LogP contribution is -1.94. The smallest absolute Gasteiger partial charge is 0.135 e. The van der Waals surface area contributed by atoms with E-state index >= 15 is 0 Å². The molecular weight excluding hydrogens is 1000 g/mol. The largest absolute Gasteiger partial charge is 0.456 e. The lowest BCUT2D eigenvalue weighted by molar-refractivity contribution is 0.668. The first-order valence-corrected chi connectivity index (χ1v) is 26.8. The first kappa shape index (κ1) is 44.8. The number of fused-ring (bicyclic) bond motifs is 12. The molecular formula is C72H45BrN2O2. The molecule has 4 heterocycles. The van der Waals surface area contributed by atoms with E-state index < -0.39 is 0 Å². The summed E-state index contributed by atoms with van der Waals surface area (Å²) in [5.41, 5.74) is 20.4. The number of hydrogen-bond donors (Lipinski definition) is 0. The highest BCUT2D eigenvalue weighted by Gasteiger charge is 2.17. The van der Waals surface area contributed by atoms with Crippen molar-refractivity contribution in [2.24, 2.45) is 0 Å². The molecule has 0 radical (unpaired) electrons. The number of aromatic nitrogens is 2. The van der Waals surface area contributed by atoms with Crippen LogP contribution in [0.25, 0.3) is 143 Å². The van der Waals surface area contributed by atoms with E-state index in [0.717, 1.165) is 49.0 Å². The average Bonchev–Trinajstić information content (AvgIpc) is 4.43. The van der Waals surface area contributed by atoms with Crippen LogP contribution >= 0.6 is 15.9 Å². The van der Waals surface area contributed by atoms with Gasteiger partial charge >= 0.3 is 0 Å². The second-order valence-corrected chi connectivity index (χ2v) is 20.7. The van der Waals surface area contributed by atoms with Gasteiger partial charge in [-0.05, 0) is 148 Å². The molecule has 0 spiro atoms. The molecule has 0 fully saturated rings. The van der Waals surface area contributed by atoms with Crippen molar-refractivity contribution in [3.63, 3.8) is 0 Å². The minimum atomic E-state index is 0.913. The van der Waals surface area contributed by atoms with E-state index in [-0.39, 0.29) is 0 Å². The normalized spacial score (nSPS) is 11.7. The summed E-state index contributed by atoms with van der Waals surface area (Å²) < 4.78 is 17.9. The fraction of sp³-hybridized carbons (Fsp3) is 0. The summed E-state index contributed by atoms with van der Waals surface area (Å²) in [6, 6.07) is 97.5. The van der Waals surface area contributed by atoms with E-state index in [0.29, 0.717) is 0 Å². The van der Waals surface area contributed by atoms with Crippen molar-refractivity contribution in [2.75, 3.05) is 0 Å². The highest BCUT2D eigenvalue weighted by atomic mass is 79.9. The molecule has 16 aromatic rings. The quantitative estimate of drug-likeness (QED) is 0.166. The van der Waals surface area contributed by atoms with Gasteiger partial charge in [0.05, 0.1) is 22.1 Å². The monoisotopic (exact) mass is 1050 g/mol. The summed E-state index contributed by atoms with van der Waals surface area (Å²) >= 11 is 3.47. The highest BCUT2D eigenvalue weighted by Crippen LogP contribution is 2.40. The molecule has 5 heteroatoms. The molecule has 362 valence electrons. The third kappa shape index (κ3) is 7.74. The van der Waals surface area contributed by atoms with Crippen molar-refractivity contribution < 1.29 is 8.83 Å². The van der Waals surface area contributed by atoms with E-state index in [9.17, 15) is 0 Å². The lowest BCUT2D eigenvalue weighted by Gasteiger charge is -2.11. The minimum Gasteiger partial charge on any atom is -0.456 e. The summed E-state index contributed by atoms with van der Waals surface area (Å²) in [7, 11) is 0. The summed E-state index contributed by atoms with van der Waals surface area (Å²) in [6.45, 7) is 0. The first-order valence-electron chi connectivity index (χ1n) is 26.0. The molecule has 12 aromatic carbocycles. The average molecular weight is 1050 g/mol. The van der Waals surface area contributed by atoms with Crippen LogP contribution in [0.1, 0.15) is 0 Å². The maximum atomic E-state index is 6.11. The van der Waals surface area contributed by atoms with Crippen LogP contribution in [0.3, 0.4) is 0 Å². The molecule has 0 saturated carbocycles. The van der Waals surface area contributed by atoms with Gasteiger partial charge < -0.3 is 18.0 Å². The Balaban J connectivity index is 0.000000216. The number of rotatable bonds is 6. The van der Waals surface area contributed by atoms with Crippen LogP contribution in [0.15, 0.2) is 286 Å². The number of benzene rings is 12. The predicted molar refractivity (Wildman–Crippen MR) is 326 cm³/mol. The van der Waals surface area contributed by atoms with Crippen LogP contribution in [-0.2, 0) is 0 Å². The Morgan fingerprint density at radius 2 is 0.571 bits per heavy atom. The molecule has 4 aromatic heterocycles. The molecule has 0 bridgehead atoms. The molecule has 0 saturated heterocycles. The van der Waals surface area contributed by atoms with Crippen LogP contribution in [0, 0.1) is 0 Å². The van der Waals surface area contributed by atoms with Crippen molar-refractivity contribution in [3.05, 3.63) is 277 Å². The molecule has 16 rings (SSSR count). The molecule has 0 atom stereocenters. The van der Waals surface area contributed by atoms with Crippen LogP contribution in [0.4, 0.5) is 0 Å². The zero-order chi connectivity index (χ0) is 51.0. The maximum absolute atomic E-state index is 6.11. The van der Waals surface area contributed by atoms with E-state index in [2.05, 4.69) is 262 Å². The van der Waals surface area contributed by atoms with Gasteiger partial charge in [0.1, 0.15) is 22.3 Å². The van der Waals surface area contributed by atoms with Crippen LogP contribution < -0.4 is 0 Å². The molecule has 0 N–H and O–H groups in total. The molecule has 0 aliphatic rings. The van der Waals surface area contributed by atoms with Crippen molar-refractivity contribution in [2.45, 2.75) is 0 Å². The van der Waals surface area contributed by atoms with Crippen LogP contribution in [-0.4, -0.2) is 9.13 Å². The number of hydrogen-bond acceptors (Lipinski definition) is 2. The van der Waals surface area contributed by atoms with Gasteiger partial charge in [-0.3, -0.25) is 0 Å². The van der Waals surface area contributed by atoms with Crippen LogP contribution in [0.2, 0.25) is 0 Å². The Labute approximate surface area is 452 Å². The molecule has 0 unspecified atom stereocenters. The summed E-state index contributed by atoms with van der Waals surface area (Å²) in [6.07, 6.45) is 0. The van der Waals surface area contributed by atoms with Crippen molar-refractivity contribution in [1.82, 2.24) is 9.13 Å². The fourth-order valence-corrected chi connectivity index (χ4v) is 11.8. The van der Waals surface area contributed by atoms with Gasteiger partial charge in [0.25, 0.3) is 0 Å². The van der Waals surface area contributed by atoms with E-state index in [1.54, 1.807) is 0 Å². The number of furan rings is 2. The van der Waals surface area contributed by atoms with E-state index in [4.69, 9.17) is 8.83 Å². The van der Waals surface area contributed by atoms with Gasteiger partial charge in [0, 0.05) is 58.9 Å². The van der Waals surface area contributed by atoms with Gasteiger partial charge in [-0.2, -0.15) is 0 Å². The van der Waals surface area contributed by atoms with Gasteiger partial charge in [-0.25, -0.2) is 0 Å². The third-order valence-electron chi connectivity index (χ3n) is 15.3. The number of nitrogens with zero attached hydrogens (tertiary/aromatic N) is 2. The summed E-state index contributed by atoms with van der Waals surface area (Å²) in [5.74, 6) is 0. The zero-order valence-corrected chi connectivity index (χ0v) is 43.2. The Hall–Kier alpha value is -9.68. The van der Waals surface area contributed by atoms with Crippen molar-refractivity contribution in [1.29, 1.82) is 0 Å². The second kappa shape index (κ2) is 18.3. The van der Waals surface area contributed by atoms with Gasteiger partial charge in [-0.1, -0.05) is 186 Å². The maximum Gasteiger partial charge on any atom is 0.135 e. The molecule has 4 nitrogen and oxygen atoms in total. The number of para-hydroxylation sites is 4. The van der Waals surface area contributed by atoms with Gasteiger partial charge in [0.2, 0.25) is 0 Å². The summed E-state index contributed by atoms with van der Waals surface area (Å²) in [4.78, 5) is 0. The number of halogens is 1. The minimum absolute atomic E-state index is 0.913. The predicted octanol–water partition coefficient (Wildman–Crippen LogP) is 20.8. The Kier molecular flexibility index (Phi) is 10.6. The molecule has 0 aliphatic heterocycles. The molecule has 77 heavy (non-hydrogen) atoms. The van der Waals surface area contributed by atoms with E-state index in [1.165, 1.54) is 98.9 Å². The van der Waals surface area contributed by atoms with Gasteiger partial charge in [-0.15, -0.1) is 0 Å². The Morgan fingerprint density at radius 3 is 1.16 bits per heavy atom. The van der Waals surface area contributed by atoms with Crippen molar-refractivity contribution in [3.8, 4) is 55.9 Å². The second-order valence-electron chi connectivity index (χ2n) is 19.8. The molecule has 0 aliphatic carbocycles. The van der Waals surface area contributed by atoms with Crippen molar-refractivity contribution >= 4 is 103 Å². The molecule has 0 amide bonds. The summed E-state index contributed by atoms with van der Waals surface area (Å²) in [5, 5.41) is 9.60. The Morgan fingerprint density at radius 1 is 0.221 bits per heavy atom. The first-order chi connectivity index (χ1) is 38.1.